The van der Waals surface area contributed by atoms with Crippen molar-refractivity contribution in [3.63, 3.8) is 0 Å². The first-order valence-electron chi connectivity index (χ1n) is 13.7. The average Bonchev–Trinajstić information content (AvgIpc) is 3.03. The molecule has 0 heterocycles. The van der Waals surface area contributed by atoms with Gasteiger partial charge in [-0.2, -0.15) is 0 Å². The number of rotatable bonds is 0. The molecule has 0 aromatic heterocycles. The van der Waals surface area contributed by atoms with Crippen molar-refractivity contribution in [3.8, 4) is 0 Å². The Kier molecular flexibility index (Phi) is 6.28. The lowest BCUT2D eigenvalue weighted by Gasteiger charge is -1.99. The Labute approximate surface area is 234 Å². The van der Waals surface area contributed by atoms with E-state index in [9.17, 15) is 0 Å². The van der Waals surface area contributed by atoms with Gasteiger partial charge in [0.2, 0.25) is 0 Å². The van der Waals surface area contributed by atoms with E-state index in [1.807, 2.05) is 0 Å². The van der Waals surface area contributed by atoms with E-state index in [0.717, 1.165) is 0 Å². The van der Waals surface area contributed by atoms with Gasteiger partial charge in [-0.3, -0.25) is 0 Å². The third-order valence-electron chi connectivity index (χ3n) is 7.64. The highest BCUT2D eigenvalue weighted by Gasteiger charge is 1.95. The molecule has 0 radical (unpaired) electrons. The van der Waals surface area contributed by atoms with Crippen LogP contribution in [-0.2, 0) is 0 Å². The highest BCUT2D eigenvalue weighted by atomic mass is 14.0. The van der Waals surface area contributed by atoms with Gasteiger partial charge in [-0.15, -0.1) is 0 Å². The number of hydrogen-bond donors (Lipinski definition) is 0. The van der Waals surface area contributed by atoms with Crippen LogP contribution in [-0.4, -0.2) is 0 Å². The van der Waals surface area contributed by atoms with Gasteiger partial charge >= 0.3 is 0 Å². The standard InChI is InChI=1S/C40H28/c1-3-37-27-38(4-1)34-21-13-30(14-22-34)8-10-32-17-25-36(26-18-32)40-6-2-5-39(28-40)35-23-15-31(16-24-35)9-7-29-11-19-33(37)20-12-29/h1-28H. The minimum Gasteiger partial charge on any atom is -0.0610 e. The summed E-state index contributed by atoms with van der Waals surface area (Å²) in [6.07, 6.45) is 0. The number of benzene rings is 6. The summed E-state index contributed by atoms with van der Waals surface area (Å²) in [4.78, 5) is 0. The third-order valence-corrected chi connectivity index (χ3v) is 7.64. The van der Waals surface area contributed by atoms with Crippen LogP contribution < -0.4 is 0 Å². The Morgan fingerprint density at radius 3 is 0.600 bits per heavy atom. The maximum absolute atomic E-state index is 2.28. The van der Waals surface area contributed by atoms with Gasteiger partial charge in [0, 0.05) is 0 Å². The predicted molar refractivity (Wildman–Crippen MR) is 176 cm³/mol. The molecular formula is C40H28. The summed E-state index contributed by atoms with van der Waals surface area (Å²) in [7, 11) is 0. The van der Waals surface area contributed by atoms with Crippen molar-refractivity contribution in [1.82, 2.24) is 0 Å². The second-order valence-corrected chi connectivity index (χ2v) is 10.3. The lowest BCUT2D eigenvalue weighted by atomic mass is 10.1. The normalized spacial score (nSPS) is 11.0. The van der Waals surface area contributed by atoms with Gasteiger partial charge in [-0.25, -0.2) is 0 Å². The van der Waals surface area contributed by atoms with Crippen molar-refractivity contribution < 1.29 is 0 Å². The summed E-state index contributed by atoms with van der Waals surface area (Å²) < 4.78 is 0. The fourth-order valence-corrected chi connectivity index (χ4v) is 5.29. The number of hydrogen-bond acceptors (Lipinski definition) is 0. The summed E-state index contributed by atoms with van der Waals surface area (Å²) in [5, 5.41) is 14.5. The average molecular weight is 509 g/mol. The molecule has 0 aliphatic rings. The third kappa shape index (κ3) is 5.08. The van der Waals surface area contributed by atoms with Crippen LogP contribution in [0.15, 0.2) is 170 Å². The highest BCUT2D eigenvalue weighted by molar-refractivity contribution is 5.94. The molecule has 12 bridgehead atoms. The zero-order chi connectivity index (χ0) is 26.7. The van der Waals surface area contributed by atoms with Crippen molar-refractivity contribution in [2.45, 2.75) is 0 Å². The zero-order valence-electron chi connectivity index (χ0n) is 22.2. The molecule has 0 aliphatic carbocycles. The maximum Gasteiger partial charge on any atom is -0.0178 e. The second kappa shape index (κ2) is 10.5. The molecule has 188 valence electrons. The van der Waals surface area contributed by atoms with Gasteiger partial charge < -0.3 is 0 Å². The molecule has 0 N–H and O–H groups in total. The van der Waals surface area contributed by atoms with Crippen molar-refractivity contribution in [3.05, 3.63) is 170 Å². The van der Waals surface area contributed by atoms with Gasteiger partial charge in [-0.1, -0.05) is 158 Å². The summed E-state index contributed by atoms with van der Waals surface area (Å²) >= 11 is 0. The Morgan fingerprint density at radius 1 is 0.175 bits per heavy atom. The van der Waals surface area contributed by atoms with Gasteiger partial charge in [-0.05, 0) is 76.8 Å². The van der Waals surface area contributed by atoms with E-state index in [2.05, 4.69) is 170 Å². The molecule has 0 nitrogen and oxygen atoms in total. The van der Waals surface area contributed by atoms with Crippen LogP contribution in [0.1, 0.15) is 0 Å². The van der Waals surface area contributed by atoms with Crippen LogP contribution in [0.2, 0.25) is 0 Å². The molecule has 0 aliphatic heterocycles. The van der Waals surface area contributed by atoms with E-state index in [1.54, 1.807) is 0 Å². The lowest BCUT2D eigenvalue weighted by molar-refractivity contribution is 1.77. The molecule has 0 amide bonds. The molecule has 13 aromatic carbocycles. The molecule has 0 saturated heterocycles. The molecule has 40 heavy (non-hydrogen) atoms. The monoisotopic (exact) mass is 508 g/mol. The van der Waals surface area contributed by atoms with Crippen molar-refractivity contribution in [2.75, 3.05) is 0 Å². The molecule has 13 aromatic rings. The first kappa shape index (κ1) is 23.9. The summed E-state index contributed by atoms with van der Waals surface area (Å²) in [5.41, 5.74) is 0. The predicted octanol–water partition coefficient (Wildman–Crippen LogP) is 11.4. The Hall–Kier alpha value is -5.20. The zero-order valence-corrected chi connectivity index (χ0v) is 22.2. The lowest BCUT2D eigenvalue weighted by Crippen LogP contribution is -1.73. The van der Waals surface area contributed by atoms with Crippen LogP contribution in [0, 0.1) is 0 Å². The van der Waals surface area contributed by atoms with Gasteiger partial charge in [0.15, 0.2) is 0 Å². The minimum atomic E-state index is 1.19. The first-order valence-corrected chi connectivity index (χ1v) is 13.7. The van der Waals surface area contributed by atoms with Crippen molar-refractivity contribution in [1.29, 1.82) is 0 Å². The van der Waals surface area contributed by atoms with Crippen molar-refractivity contribution in [2.24, 2.45) is 0 Å². The van der Waals surface area contributed by atoms with E-state index >= 15 is 0 Å². The van der Waals surface area contributed by atoms with Gasteiger partial charge in [0.1, 0.15) is 0 Å². The summed E-state index contributed by atoms with van der Waals surface area (Å²) in [6, 6.07) is 61.5. The second-order valence-electron chi connectivity index (χ2n) is 10.3. The van der Waals surface area contributed by atoms with Crippen LogP contribution in [0.3, 0.4) is 0 Å². The maximum atomic E-state index is 2.28. The quantitative estimate of drug-likeness (QED) is 0.191. The van der Waals surface area contributed by atoms with E-state index in [-0.39, 0.29) is 0 Å². The molecule has 0 heteroatoms. The highest BCUT2D eigenvalue weighted by Crippen LogP contribution is 2.21. The van der Waals surface area contributed by atoms with Crippen molar-refractivity contribution >= 4 is 64.6 Å². The Balaban J connectivity index is 1.46. The molecule has 0 spiro atoms. The fourth-order valence-electron chi connectivity index (χ4n) is 5.29. The topological polar surface area (TPSA) is 0 Å². The molecule has 0 saturated carbocycles. The van der Waals surface area contributed by atoms with Crippen LogP contribution in [0.5, 0.6) is 0 Å². The van der Waals surface area contributed by atoms with E-state index in [0.29, 0.717) is 0 Å². The van der Waals surface area contributed by atoms with Crippen LogP contribution >= 0.6 is 0 Å². The van der Waals surface area contributed by atoms with E-state index < -0.39 is 0 Å². The Bertz CT molecular complexity index is 1830. The molecule has 0 fully saturated rings. The molecule has 0 unspecified atom stereocenters. The van der Waals surface area contributed by atoms with E-state index in [4.69, 9.17) is 0 Å². The molecule has 0 atom stereocenters. The summed E-state index contributed by atoms with van der Waals surface area (Å²) in [6.45, 7) is 0. The fraction of sp³-hybridized carbons (Fsp3) is 0. The van der Waals surface area contributed by atoms with E-state index in [1.165, 1.54) is 64.6 Å². The Morgan fingerprint density at radius 2 is 0.375 bits per heavy atom. The first-order chi connectivity index (χ1) is 19.8. The van der Waals surface area contributed by atoms with Gasteiger partial charge in [0.05, 0.1) is 0 Å². The smallest absolute Gasteiger partial charge is 0.0178 e. The van der Waals surface area contributed by atoms with Crippen LogP contribution in [0.4, 0.5) is 0 Å². The largest absolute Gasteiger partial charge is 0.0610 e. The molecule has 13 rings (SSSR count). The van der Waals surface area contributed by atoms with Crippen LogP contribution in [0.25, 0.3) is 64.6 Å². The molecular weight excluding hydrogens is 480 g/mol. The van der Waals surface area contributed by atoms with Gasteiger partial charge in [0.25, 0.3) is 0 Å². The SMILES string of the molecule is c1cc2cc(c1)c1ccc(ccc3ccc(cc3)c3cccc(c3)c3ccc(ccc4ccc2cc4)cc3)cc1. The minimum absolute atomic E-state index is 1.19. The summed E-state index contributed by atoms with van der Waals surface area (Å²) in [5.74, 6) is 0.